The Balaban J connectivity index is 1.76. The predicted molar refractivity (Wildman–Crippen MR) is 85.0 cm³/mol. The monoisotopic (exact) mass is 324 g/mol. The van der Waals surface area contributed by atoms with Gasteiger partial charge in [0.2, 0.25) is 5.91 Å². The van der Waals surface area contributed by atoms with Crippen LogP contribution in [0.4, 0.5) is 0 Å². The molecule has 5 nitrogen and oxygen atoms in total. The van der Waals surface area contributed by atoms with Crippen LogP contribution < -0.4 is 5.32 Å². The normalized spacial score (nSPS) is 20.5. The lowest BCUT2D eigenvalue weighted by Gasteiger charge is -2.42. The van der Waals surface area contributed by atoms with Gasteiger partial charge in [0.15, 0.2) is 0 Å². The number of carbonyl (C=O) groups excluding carboxylic acids is 1. The van der Waals surface area contributed by atoms with E-state index in [0.717, 1.165) is 18.4 Å². The van der Waals surface area contributed by atoms with Crippen molar-refractivity contribution in [1.29, 1.82) is 0 Å². The molecule has 0 aliphatic heterocycles. The van der Waals surface area contributed by atoms with Crippen LogP contribution in [0.1, 0.15) is 25.3 Å². The molecule has 0 heterocycles. The van der Waals surface area contributed by atoms with Gasteiger partial charge in [0.25, 0.3) is 0 Å². The molecule has 22 heavy (non-hydrogen) atoms. The van der Waals surface area contributed by atoms with Crippen molar-refractivity contribution in [1.82, 2.24) is 10.2 Å². The van der Waals surface area contributed by atoms with Crippen LogP contribution in [0.25, 0.3) is 0 Å². The molecule has 1 saturated carbocycles. The lowest BCUT2D eigenvalue weighted by atomic mass is 9.85. The third kappa shape index (κ3) is 4.45. The first-order chi connectivity index (χ1) is 10.5. The summed E-state index contributed by atoms with van der Waals surface area (Å²) in [7, 11) is 0. The standard InChI is InChI=1S/C16H21ClN2O3/c1-2-19(10-16(21)22)13-8-12(9-13)18-15(20)7-11-5-3-4-6-14(11)17/h3-6,12-13H,2,7-10H2,1H3,(H,18,20)(H,21,22). The van der Waals surface area contributed by atoms with Crippen LogP contribution in [0.15, 0.2) is 24.3 Å². The molecule has 2 rings (SSSR count). The number of amides is 1. The average Bonchev–Trinajstić information content (AvgIpc) is 2.42. The van der Waals surface area contributed by atoms with E-state index < -0.39 is 5.97 Å². The Morgan fingerprint density at radius 1 is 1.36 bits per heavy atom. The Morgan fingerprint density at radius 2 is 2.05 bits per heavy atom. The molecule has 0 atom stereocenters. The topological polar surface area (TPSA) is 69.6 Å². The largest absolute Gasteiger partial charge is 0.480 e. The molecule has 2 N–H and O–H groups in total. The number of carboxylic acid groups (broad SMARTS) is 1. The van der Waals surface area contributed by atoms with Crippen molar-refractivity contribution in [3.63, 3.8) is 0 Å². The molecular weight excluding hydrogens is 304 g/mol. The number of halogens is 1. The van der Waals surface area contributed by atoms with E-state index in [1.165, 1.54) is 0 Å². The molecule has 1 aromatic rings. The third-order valence-corrected chi connectivity index (χ3v) is 4.42. The number of benzene rings is 1. The second-order valence-electron chi connectivity index (χ2n) is 5.61. The fourth-order valence-corrected chi connectivity index (χ4v) is 2.97. The molecule has 0 aromatic heterocycles. The number of carboxylic acids is 1. The van der Waals surface area contributed by atoms with Gasteiger partial charge in [-0.1, -0.05) is 36.7 Å². The molecule has 1 aliphatic rings. The SMILES string of the molecule is CCN(CC(=O)O)C1CC(NC(=O)Cc2ccccc2Cl)C1. The third-order valence-electron chi connectivity index (χ3n) is 4.05. The fraction of sp³-hybridized carbons (Fsp3) is 0.500. The number of rotatable bonds is 7. The maximum Gasteiger partial charge on any atom is 0.317 e. The minimum absolute atomic E-state index is 0.0437. The van der Waals surface area contributed by atoms with E-state index in [4.69, 9.17) is 16.7 Å². The Kier molecular flexibility index (Phi) is 5.80. The molecule has 120 valence electrons. The smallest absolute Gasteiger partial charge is 0.317 e. The lowest BCUT2D eigenvalue weighted by Crippen LogP contribution is -2.55. The van der Waals surface area contributed by atoms with Crippen molar-refractivity contribution in [2.75, 3.05) is 13.1 Å². The van der Waals surface area contributed by atoms with E-state index >= 15 is 0 Å². The number of nitrogens with zero attached hydrogens (tertiary/aromatic N) is 1. The quantitative estimate of drug-likeness (QED) is 0.804. The number of likely N-dealkylation sites (N-methyl/N-ethyl adjacent to an activating group) is 1. The van der Waals surface area contributed by atoms with Crippen LogP contribution in [0, 0.1) is 0 Å². The summed E-state index contributed by atoms with van der Waals surface area (Å²) >= 11 is 6.04. The molecule has 0 radical (unpaired) electrons. The highest BCUT2D eigenvalue weighted by molar-refractivity contribution is 6.31. The van der Waals surface area contributed by atoms with Crippen molar-refractivity contribution >= 4 is 23.5 Å². The molecule has 1 aromatic carbocycles. The Hall–Kier alpha value is -1.59. The van der Waals surface area contributed by atoms with Gasteiger partial charge in [-0.3, -0.25) is 14.5 Å². The zero-order valence-electron chi connectivity index (χ0n) is 12.6. The molecule has 0 saturated heterocycles. The van der Waals surface area contributed by atoms with Gasteiger partial charge in [-0.15, -0.1) is 0 Å². The maximum absolute atomic E-state index is 12.0. The minimum Gasteiger partial charge on any atom is -0.480 e. The van der Waals surface area contributed by atoms with Crippen molar-refractivity contribution < 1.29 is 14.7 Å². The Labute approximate surface area is 135 Å². The van der Waals surface area contributed by atoms with Gasteiger partial charge >= 0.3 is 5.97 Å². The molecule has 0 unspecified atom stereocenters. The summed E-state index contributed by atoms with van der Waals surface area (Å²) in [6, 6.07) is 7.68. The average molecular weight is 325 g/mol. The van der Waals surface area contributed by atoms with E-state index in [1.54, 1.807) is 6.07 Å². The van der Waals surface area contributed by atoms with Gasteiger partial charge in [-0.2, -0.15) is 0 Å². The van der Waals surface area contributed by atoms with Gasteiger partial charge in [0.1, 0.15) is 0 Å². The molecule has 0 spiro atoms. The first-order valence-electron chi connectivity index (χ1n) is 7.48. The zero-order chi connectivity index (χ0) is 16.1. The molecule has 6 heteroatoms. The van der Waals surface area contributed by atoms with Crippen LogP contribution in [0.2, 0.25) is 5.02 Å². The fourth-order valence-electron chi connectivity index (χ4n) is 2.77. The van der Waals surface area contributed by atoms with Gasteiger partial charge in [-0.05, 0) is 31.0 Å². The first-order valence-corrected chi connectivity index (χ1v) is 7.86. The van der Waals surface area contributed by atoms with Gasteiger partial charge in [0, 0.05) is 17.1 Å². The number of nitrogens with one attached hydrogen (secondary N) is 1. The van der Waals surface area contributed by atoms with Crippen LogP contribution >= 0.6 is 11.6 Å². The van der Waals surface area contributed by atoms with Gasteiger partial charge < -0.3 is 10.4 Å². The van der Waals surface area contributed by atoms with Crippen molar-refractivity contribution in [2.24, 2.45) is 0 Å². The number of hydrogen-bond acceptors (Lipinski definition) is 3. The second kappa shape index (κ2) is 7.61. The highest BCUT2D eigenvalue weighted by Crippen LogP contribution is 2.25. The van der Waals surface area contributed by atoms with Gasteiger partial charge in [0.05, 0.1) is 13.0 Å². The summed E-state index contributed by atoms with van der Waals surface area (Å²) in [6.45, 7) is 2.71. The van der Waals surface area contributed by atoms with Crippen LogP contribution in [-0.4, -0.2) is 47.1 Å². The van der Waals surface area contributed by atoms with Crippen LogP contribution in [-0.2, 0) is 16.0 Å². The zero-order valence-corrected chi connectivity index (χ0v) is 13.3. The van der Waals surface area contributed by atoms with Crippen LogP contribution in [0.5, 0.6) is 0 Å². The highest BCUT2D eigenvalue weighted by Gasteiger charge is 2.34. The van der Waals surface area contributed by atoms with Crippen molar-refractivity contribution in [3.8, 4) is 0 Å². The molecule has 0 bridgehead atoms. The number of hydrogen-bond donors (Lipinski definition) is 2. The predicted octanol–water partition coefficient (Wildman–Crippen LogP) is 1.94. The highest BCUT2D eigenvalue weighted by atomic mass is 35.5. The number of aliphatic carboxylic acids is 1. The summed E-state index contributed by atoms with van der Waals surface area (Å²) in [5.41, 5.74) is 0.818. The Bertz CT molecular complexity index is 544. The lowest BCUT2D eigenvalue weighted by molar-refractivity contribution is -0.139. The molecule has 1 fully saturated rings. The maximum atomic E-state index is 12.0. The molecule has 1 aliphatic carbocycles. The van der Waals surface area contributed by atoms with E-state index in [1.807, 2.05) is 30.0 Å². The Morgan fingerprint density at radius 3 is 2.64 bits per heavy atom. The van der Waals surface area contributed by atoms with E-state index in [0.29, 0.717) is 11.6 Å². The summed E-state index contributed by atoms with van der Waals surface area (Å²) in [5.74, 6) is -0.856. The van der Waals surface area contributed by atoms with Crippen molar-refractivity contribution in [2.45, 2.75) is 38.3 Å². The summed E-state index contributed by atoms with van der Waals surface area (Å²) < 4.78 is 0. The molecular formula is C16H21ClN2O3. The van der Waals surface area contributed by atoms with E-state index in [2.05, 4.69) is 5.32 Å². The molecule has 1 amide bonds. The van der Waals surface area contributed by atoms with Crippen LogP contribution in [0.3, 0.4) is 0 Å². The van der Waals surface area contributed by atoms with Crippen molar-refractivity contribution in [3.05, 3.63) is 34.9 Å². The number of carbonyl (C=O) groups is 2. The minimum atomic E-state index is -0.812. The van der Waals surface area contributed by atoms with E-state index in [9.17, 15) is 9.59 Å². The summed E-state index contributed by atoms with van der Waals surface area (Å²) in [6.07, 6.45) is 1.87. The van der Waals surface area contributed by atoms with Gasteiger partial charge in [-0.25, -0.2) is 0 Å². The summed E-state index contributed by atoms with van der Waals surface area (Å²) in [5, 5.41) is 12.4. The first kappa shape index (κ1) is 16.8. The second-order valence-corrected chi connectivity index (χ2v) is 6.02. The van der Waals surface area contributed by atoms with E-state index in [-0.39, 0.29) is 31.0 Å². The summed E-state index contributed by atoms with van der Waals surface area (Å²) in [4.78, 5) is 24.7.